The maximum absolute atomic E-state index is 12.0. The largest absolute Gasteiger partial charge is 0.427 e. The molecule has 0 unspecified atom stereocenters. The van der Waals surface area contributed by atoms with Gasteiger partial charge in [0, 0.05) is 19.9 Å². The highest BCUT2D eigenvalue weighted by Gasteiger charge is 2.24. The van der Waals surface area contributed by atoms with Gasteiger partial charge in [0.1, 0.15) is 4.90 Å². The topological polar surface area (TPSA) is 128 Å². The van der Waals surface area contributed by atoms with Crippen LogP contribution in [-0.4, -0.2) is 49.4 Å². The van der Waals surface area contributed by atoms with Crippen LogP contribution in [0, 0.1) is 0 Å². The quantitative estimate of drug-likeness (QED) is 0.507. The van der Waals surface area contributed by atoms with Gasteiger partial charge in [0.25, 0.3) is 10.0 Å². The number of hydrogen-bond acceptors (Lipinski definition) is 7. The van der Waals surface area contributed by atoms with Gasteiger partial charge in [-0.05, 0) is 17.0 Å². The Morgan fingerprint density at radius 1 is 1.14 bits per heavy atom. The van der Waals surface area contributed by atoms with Crippen molar-refractivity contribution in [3.8, 4) is 0 Å². The molecular weight excluding hydrogens is 336 g/mol. The fourth-order valence-electron chi connectivity index (χ4n) is 1.41. The van der Waals surface area contributed by atoms with Gasteiger partial charge in [-0.15, -0.1) is 0 Å². The maximum Gasteiger partial charge on any atom is 0.427 e. The van der Waals surface area contributed by atoms with Gasteiger partial charge in [-0.2, -0.15) is 0 Å². The second-order valence-electron chi connectivity index (χ2n) is 4.11. The van der Waals surface area contributed by atoms with Crippen LogP contribution in [0.1, 0.15) is 0 Å². The van der Waals surface area contributed by atoms with E-state index < -0.39 is 35.7 Å². The lowest BCUT2D eigenvalue weighted by Crippen LogP contribution is -2.35. The molecular formula is C11H16N2O7S2. The van der Waals surface area contributed by atoms with Crippen molar-refractivity contribution in [3.63, 3.8) is 0 Å². The average molecular weight is 352 g/mol. The second-order valence-corrected chi connectivity index (χ2v) is 7.71. The van der Waals surface area contributed by atoms with Gasteiger partial charge in [0.15, 0.2) is 9.84 Å². The first-order chi connectivity index (χ1) is 10.2. The van der Waals surface area contributed by atoms with Gasteiger partial charge in [-0.3, -0.25) is 0 Å². The predicted octanol–water partition coefficient (Wildman–Crippen LogP) is -0.344. The molecule has 0 aliphatic heterocycles. The van der Waals surface area contributed by atoms with Crippen molar-refractivity contribution in [3.05, 3.63) is 24.3 Å². The SMILES string of the molecule is COCCNC(=O)ONS(=O)(=O)c1ccccc1S(C)(=O)=O. The van der Waals surface area contributed by atoms with E-state index in [0.717, 1.165) is 18.4 Å². The molecule has 22 heavy (non-hydrogen) atoms. The van der Waals surface area contributed by atoms with Crippen LogP contribution in [0.2, 0.25) is 0 Å². The molecule has 1 aromatic rings. The van der Waals surface area contributed by atoms with E-state index in [0.29, 0.717) is 0 Å². The van der Waals surface area contributed by atoms with E-state index in [1.807, 2.05) is 0 Å². The van der Waals surface area contributed by atoms with Crippen molar-refractivity contribution in [1.29, 1.82) is 0 Å². The molecule has 1 rings (SSSR count). The third kappa shape index (κ3) is 5.26. The molecule has 0 bridgehead atoms. The molecule has 0 saturated carbocycles. The van der Waals surface area contributed by atoms with E-state index >= 15 is 0 Å². The Labute approximate surface area is 128 Å². The molecule has 2 N–H and O–H groups in total. The molecule has 0 saturated heterocycles. The molecule has 0 aliphatic carbocycles. The number of rotatable bonds is 7. The lowest BCUT2D eigenvalue weighted by Gasteiger charge is -2.10. The van der Waals surface area contributed by atoms with Crippen LogP contribution in [0.15, 0.2) is 34.1 Å². The van der Waals surface area contributed by atoms with Crippen molar-refractivity contribution in [2.75, 3.05) is 26.5 Å². The molecule has 0 heterocycles. The zero-order chi connectivity index (χ0) is 16.8. The summed E-state index contributed by atoms with van der Waals surface area (Å²) >= 11 is 0. The van der Waals surface area contributed by atoms with Crippen LogP contribution in [0.25, 0.3) is 0 Å². The Hall–Kier alpha value is -1.69. The van der Waals surface area contributed by atoms with Crippen LogP contribution in [-0.2, 0) is 29.4 Å². The van der Waals surface area contributed by atoms with Crippen molar-refractivity contribution in [2.45, 2.75) is 9.79 Å². The van der Waals surface area contributed by atoms with Crippen LogP contribution >= 0.6 is 0 Å². The lowest BCUT2D eigenvalue weighted by molar-refractivity contribution is 0.119. The number of hydrogen-bond donors (Lipinski definition) is 2. The summed E-state index contributed by atoms with van der Waals surface area (Å²) in [7, 11) is -6.68. The molecule has 11 heteroatoms. The van der Waals surface area contributed by atoms with Crippen LogP contribution in [0.3, 0.4) is 0 Å². The minimum atomic E-state index is -4.34. The van der Waals surface area contributed by atoms with Crippen molar-refractivity contribution in [2.24, 2.45) is 0 Å². The predicted molar refractivity (Wildman–Crippen MR) is 76.2 cm³/mol. The minimum Gasteiger partial charge on any atom is -0.383 e. The van der Waals surface area contributed by atoms with Crippen molar-refractivity contribution in [1.82, 2.24) is 10.2 Å². The molecule has 0 aliphatic rings. The summed E-state index contributed by atoms with van der Waals surface area (Å²) < 4.78 is 51.9. The minimum absolute atomic E-state index is 0.122. The first-order valence-corrected chi connectivity index (χ1v) is 9.30. The third-order valence-corrected chi connectivity index (χ3v) is 4.88. The van der Waals surface area contributed by atoms with Gasteiger partial charge in [0.05, 0.1) is 11.5 Å². The number of methoxy groups -OCH3 is 1. The fraction of sp³-hybridized carbons (Fsp3) is 0.364. The Bertz CT molecular complexity index is 729. The zero-order valence-corrected chi connectivity index (χ0v) is 13.5. The number of carbonyl (C=O) groups is 1. The van der Waals surface area contributed by atoms with E-state index in [1.54, 1.807) is 4.89 Å². The van der Waals surface area contributed by atoms with Gasteiger partial charge < -0.3 is 14.9 Å². The Morgan fingerprint density at radius 3 is 2.27 bits per heavy atom. The van der Waals surface area contributed by atoms with Crippen LogP contribution in [0.5, 0.6) is 0 Å². The molecule has 0 aromatic heterocycles. The van der Waals surface area contributed by atoms with E-state index in [-0.39, 0.29) is 13.2 Å². The highest BCUT2D eigenvalue weighted by molar-refractivity contribution is 7.93. The summed E-state index contributed by atoms with van der Waals surface area (Å²) in [6.45, 7) is 0.343. The van der Waals surface area contributed by atoms with Crippen LogP contribution < -0.4 is 10.2 Å². The summed E-state index contributed by atoms with van der Waals surface area (Å²) in [6, 6.07) is 4.96. The Balaban J connectivity index is 2.86. The van der Waals surface area contributed by atoms with E-state index in [9.17, 15) is 21.6 Å². The number of benzene rings is 1. The average Bonchev–Trinajstić information content (AvgIpc) is 2.45. The molecule has 0 radical (unpaired) electrons. The number of sulfone groups is 1. The Morgan fingerprint density at radius 2 is 1.73 bits per heavy atom. The highest BCUT2D eigenvalue weighted by Crippen LogP contribution is 2.20. The van der Waals surface area contributed by atoms with Gasteiger partial charge in [0.2, 0.25) is 0 Å². The first-order valence-electron chi connectivity index (χ1n) is 5.93. The van der Waals surface area contributed by atoms with E-state index in [4.69, 9.17) is 0 Å². The monoisotopic (exact) mass is 352 g/mol. The molecule has 0 spiro atoms. The lowest BCUT2D eigenvalue weighted by atomic mass is 10.4. The standard InChI is InChI=1S/C11H16N2O7S2/c1-19-8-7-12-11(14)20-13-22(17,18)10-6-4-3-5-9(10)21(2,15)16/h3-6,13H,7-8H2,1-2H3,(H,12,14). The first kappa shape index (κ1) is 18.4. The van der Waals surface area contributed by atoms with Crippen LogP contribution in [0.4, 0.5) is 4.79 Å². The molecule has 124 valence electrons. The molecule has 1 aromatic carbocycles. The maximum atomic E-state index is 12.0. The highest BCUT2D eigenvalue weighted by atomic mass is 32.2. The van der Waals surface area contributed by atoms with Gasteiger partial charge in [-0.1, -0.05) is 12.1 Å². The zero-order valence-electron chi connectivity index (χ0n) is 11.9. The number of ether oxygens (including phenoxy) is 1. The fourth-order valence-corrected chi connectivity index (χ4v) is 3.82. The number of carbonyl (C=O) groups excluding carboxylic acids is 1. The summed E-state index contributed by atoms with van der Waals surface area (Å²) in [5, 5.41) is 2.22. The number of nitrogens with one attached hydrogen (secondary N) is 2. The number of amides is 1. The summed E-state index contributed by atoms with van der Waals surface area (Å²) in [4.78, 5) is 16.2. The van der Waals surface area contributed by atoms with E-state index in [1.165, 1.54) is 19.2 Å². The Kier molecular flexibility index (Phi) is 6.29. The molecule has 0 fully saturated rings. The van der Waals surface area contributed by atoms with Gasteiger partial charge in [-0.25, -0.2) is 21.6 Å². The normalized spacial score (nSPS) is 11.9. The van der Waals surface area contributed by atoms with E-state index in [2.05, 4.69) is 14.9 Å². The third-order valence-electron chi connectivity index (χ3n) is 2.36. The summed E-state index contributed by atoms with van der Waals surface area (Å²) in [6.07, 6.45) is -0.169. The summed E-state index contributed by atoms with van der Waals surface area (Å²) in [5.74, 6) is 0. The molecule has 0 atom stereocenters. The molecule has 1 amide bonds. The molecule has 9 nitrogen and oxygen atoms in total. The smallest absolute Gasteiger partial charge is 0.383 e. The van der Waals surface area contributed by atoms with Crippen molar-refractivity contribution < 1.29 is 31.2 Å². The van der Waals surface area contributed by atoms with Crippen molar-refractivity contribution >= 4 is 26.0 Å². The second kappa shape index (κ2) is 7.54. The number of sulfonamides is 1. The van der Waals surface area contributed by atoms with Gasteiger partial charge >= 0.3 is 6.09 Å². The summed E-state index contributed by atoms with van der Waals surface area (Å²) in [5.41, 5.74) is 0.